The molecule has 4 aromatic rings. The van der Waals surface area contributed by atoms with Gasteiger partial charge < -0.3 is 4.74 Å². The molecule has 0 fully saturated rings. The van der Waals surface area contributed by atoms with Crippen LogP contribution in [0.4, 0.5) is 5.69 Å². The topological polar surface area (TPSA) is 80.8 Å². The van der Waals surface area contributed by atoms with Gasteiger partial charge in [0.1, 0.15) is 0 Å². The fourth-order valence-corrected chi connectivity index (χ4v) is 5.03. The maximum Gasteiger partial charge on any atom is 0.338 e. The normalized spacial score (nSPS) is 13.3. The van der Waals surface area contributed by atoms with Gasteiger partial charge >= 0.3 is 5.97 Å². The van der Waals surface area contributed by atoms with E-state index in [9.17, 15) is 19.2 Å². The van der Waals surface area contributed by atoms with Crippen LogP contribution in [0.1, 0.15) is 52.6 Å². The fraction of sp³-hybridized carbons (Fsp3) is 0.0667. The van der Waals surface area contributed by atoms with E-state index in [1.807, 2.05) is 30.3 Å². The van der Waals surface area contributed by atoms with Gasteiger partial charge in [-0.15, -0.1) is 0 Å². The number of hydrogen-bond donors (Lipinski definition) is 0. The molecule has 4 aromatic carbocycles. The van der Waals surface area contributed by atoms with E-state index in [1.54, 1.807) is 30.3 Å². The smallest absolute Gasteiger partial charge is 0.338 e. The first-order valence-electron chi connectivity index (χ1n) is 11.6. The lowest BCUT2D eigenvalue weighted by atomic mass is 10.0. The first-order valence-corrected chi connectivity index (χ1v) is 12.0. The minimum absolute atomic E-state index is 0.0663. The molecule has 37 heavy (non-hydrogen) atoms. The number of esters is 1. The quantitative estimate of drug-likeness (QED) is 0.172. The second-order valence-corrected chi connectivity index (χ2v) is 9.27. The maximum absolute atomic E-state index is 13.0. The van der Waals surface area contributed by atoms with Gasteiger partial charge in [0.2, 0.25) is 0 Å². The molecular weight excluding hydrogens is 490 g/mol. The van der Waals surface area contributed by atoms with E-state index in [4.69, 9.17) is 16.3 Å². The molecule has 2 aliphatic rings. The zero-order valence-electron chi connectivity index (χ0n) is 19.4. The lowest BCUT2D eigenvalue weighted by Crippen LogP contribution is -2.29. The van der Waals surface area contributed by atoms with Crippen molar-refractivity contribution in [2.45, 2.75) is 6.42 Å². The highest BCUT2D eigenvalue weighted by Crippen LogP contribution is 2.37. The average Bonchev–Trinajstić information content (AvgIpc) is 3.41. The highest BCUT2D eigenvalue weighted by Gasteiger charge is 2.38. The molecule has 7 heteroatoms. The van der Waals surface area contributed by atoms with Crippen molar-refractivity contribution in [1.29, 1.82) is 0 Å². The molecule has 0 unspecified atom stereocenters. The van der Waals surface area contributed by atoms with Crippen LogP contribution in [0, 0.1) is 0 Å². The van der Waals surface area contributed by atoms with E-state index < -0.39 is 24.4 Å². The summed E-state index contributed by atoms with van der Waals surface area (Å²) in [4.78, 5) is 52.4. The summed E-state index contributed by atoms with van der Waals surface area (Å²) in [6, 6.07) is 24.2. The maximum atomic E-state index is 13.0. The Balaban J connectivity index is 1.18. The third-order valence-electron chi connectivity index (χ3n) is 6.67. The number of ketones is 1. The van der Waals surface area contributed by atoms with Crippen molar-refractivity contribution in [2.24, 2.45) is 0 Å². The van der Waals surface area contributed by atoms with E-state index >= 15 is 0 Å². The summed E-state index contributed by atoms with van der Waals surface area (Å²) >= 11 is 6.18. The monoisotopic (exact) mass is 507 g/mol. The zero-order chi connectivity index (χ0) is 25.7. The predicted octanol–water partition coefficient (Wildman–Crippen LogP) is 5.75. The van der Waals surface area contributed by atoms with Crippen LogP contribution in [0.15, 0.2) is 84.9 Å². The summed E-state index contributed by atoms with van der Waals surface area (Å²) in [5, 5.41) is 0.255. The number of carbonyl (C=O) groups is 4. The predicted molar refractivity (Wildman–Crippen MR) is 138 cm³/mol. The average molecular weight is 508 g/mol. The SMILES string of the molecule is O=C(COC(=O)c1ccc2c(c1)C(=O)N(c1ccccc1Cl)C2=O)c1ccc2c(c1)-c1ccccc1C2. The Hall–Kier alpha value is -4.55. The molecule has 0 saturated carbocycles. The molecule has 1 aliphatic heterocycles. The summed E-state index contributed by atoms with van der Waals surface area (Å²) in [5.74, 6) is -2.21. The van der Waals surface area contributed by atoms with Crippen molar-refractivity contribution in [3.05, 3.63) is 123 Å². The van der Waals surface area contributed by atoms with Gasteiger partial charge in [-0.25, -0.2) is 9.69 Å². The Morgan fingerprint density at radius 3 is 2.24 bits per heavy atom. The Labute approximate surface area is 217 Å². The Morgan fingerprint density at radius 2 is 1.41 bits per heavy atom. The molecule has 0 atom stereocenters. The number of carbonyl (C=O) groups excluding carboxylic acids is 4. The van der Waals surface area contributed by atoms with E-state index in [1.165, 1.54) is 23.8 Å². The molecule has 1 aliphatic carbocycles. The van der Waals surface area contributed by atoms with Gasteiger partial charge in [0.15, 0.2) is 12.4 Å². The molecule has 0 radical (unpaired) electrons. The number of Topliss-reactive ketones (excluding diaryl/α,β-unsaturated/α-hetero) is 1. The first-order chi connectivity index (χ1) is 17.9. The number of para-hydroxylation sites is 1. The Morgan fingerprint density at radius 1 is 0.730 bits per heavy atom. The van der Waals surface area contributed by atoms with Crippen molar-refractivity contribution < 1.29 is 23.9 Å². The lowest BCUT2D eigenvalue weighted by molar-refractivity contribution is 0.0474. The molecule has 0 N–H and O–H groups in total. The molecule has 2 amide bonds. The third-order valence-corrected chi connectivity index (χ3v) is 6.99. The molecule has 6 nitrogen and oxygen atoms in total. The van der Waals surface area contributed by atoms with Crippen molar-refractivity contribution in [2.75, 3.05) is 11.5 Å². The molecular formula is C30H18ClNO5. The van der Waals surface area contributed by atoms with E-state index in [0.717, 1.165) is 28.0 Å². The van der Waals surface area contributed by atoms with Gasteiger partial charge in [0.05, 0.1) is 27.4 Å². The molecule has 6 rings (SSSR count). The van der Waals surface area contributed by atoms with Crippen LogP contribution in [0.3, 0.4) is 0 Å². The number of hydrogen-bond acceptors (Lipinski definition) is 5. The summed E-state index contributed by atoms with van der Waals surface area (Å²) in [6.45, 7) is -0.449. The van der Waals surface area contributed by atoms with Gasteiger partial charge in [-0.1, -0.05) is 60.1 Å². The summed E-state index contributed by atoms with van der Waals surface area (Å²) in [7, 11) is 0. The second-order valence-electron chi connectivity index (χ2n) is 8.86. The minimum Gasteiger partial charge on any atom is -0.454 e. The highest BCUT2D eigenvalue weighted by molar-refractivity contribution is 6.39. The van der Waals surface area contributed by atoms with E-state index in [0.29, 0.717) is 5.56 Å². The number of anilines is 1. The van der Waals surface area contributed by atoms with Gasteiger partial charge in [0.25, 0.3) is 11.8 Å². The van der Waals surface area contributed by atoms with Gasteiger partial charge in [0, 0.05) is 5.56 Å². The van der Waals surface area contributed by atoms with Crippen molar-refractivity contribution in [1.82, 2.24) is 0 Å². The fourth-order valence-electron chi connectivity index (χ4n) is 4.81. The Bertz CT molecular complexity index is 1660. The molecule has 180 valence electrons. The van der Waals surface area contributed by atoms with Crippen molar-refractivity contribution in [3.63, 3.8) is 0 Å². The van der Waals surface area contributed by atoms with Gasteiger partial charge in [-0.3, -0.25) is 14.4 Å². The van der Waals surface area contributed by atoms with Crippen LogP contribution in [0.2, 0.25) is 5.02 Å². The van der Waals surface area contributed by atoms with Crippen molar-refractivity contribution in [3.8, 4) is 11.1 Å². The summed E-state index contributed by atoms with van der Waals surface area (Å²) in [5.41, 5.74) is 5.50. The van der Waals surface area contributed by atoms with Gasteiger partial charge in [-0.2, -0.15) is 0 Å². The number of ether oxygens (including phenoxy) is 1. The standard InChI is InChI=1S/C30H18ClNO5/c31-25-7-3-4-8-26(25)32-28(34)22-12-11-20(15-24(22)29(32)35)30(36)37-16-27(33)19-10-9-18-13-17-5-1-2-6-21(17)23(18)14-19/h1-12,14-15H,13,16H2. The number of amides is 2. The largest absolute Gasteiger partial charge is 0.454 e. The van der Waals surface area contributed by atoms with Crippen LogP contribution in [0.5, 0.6) is 0 Å². The highest BCUT2D eigenvalue weighted by atomic mass is 35.5. The summed E-state index contributed by atoms with van der Waals surface area (Å²) in [6.07, 6.45) is 0.822. The number of rotatable bonds is 5. The van der Waals surface area contributed by atoms with E-state index in [2.05, 4.69) is 6.07 Å². The summed E-state index contributed by atoms with van der Waals surface area (Å²) < 4.78 is 5.27. The zero-order valence-corrected chi connectivity index (χ0v) is 20.1. The van der Waals surface area contributed by atoms with Crippen molar-refractivity contribution >= 4 is 40.9 Å². The number of fused-ring (bicyclic) bond motifs is 4. The third kappa shape index (κ3) is 3.82. The first kappa shape index (κ1) is 22.9. The van der Waals surface area contributed by atoms with Crippen LogP contribution >= 0.6 is 11.6 Å². The number of imide groups is 1. The molecule has 0 saturated heterocycles. The van der Waals surface area contributed by atoms with Crippen LogP contribution < -0.4 is 4.90 Å². The van der Waals surface area contributed by atoms with Crippen LogP contribution in [-0.2, 0) is 11.2 Å². The van der Waals surface area contributed by atoms with Gasteiger partial charge in [-0.05, 0) is 65.1 Å². The lowest BCUT2D eigenvalue weighted by Gasteiger charge is -2.15. The molecule has 0 spiro atoms. The molecule has 0 aromatic heterocycles. The minimum atomic E-state index is -0.765. The molecule has 1 heterocycles. The number of benzene rings is 4. The van der Waals surface area contributed by atoms with E-state index in [-0.39, 0.29) is 33.2 Å². The van der Waals surface area contributed by atoms with Crippen LogP contribution in [0.25, 0.3) is 11.1 Å². The number of nitrogens with zero attached hydrogens (tertiary/aromatic N) is 1. The second kappa shape index (κ2) is 8.84. The molecule has 0 bridgehead atoms. The number of halogens is 1. The Kier molecular flexibility index (Phi) is 5.46. The van der Waals surface area contributed by atoms with Crippen LogP contribution in [-0.4, -0.2) is 30.2 Å².